The SMILES string of the molecule is NS(=O)(=O)[C@@H]1CCN(/C(=N/S(=O)(=O)c2ccc(Cl)cc2)N2C[C@H](c3ccccc3)C(c3ccc(F)cc3)=N2)C1. The summed E-state index contributed by atoms with van der Waals surface area (Å²) in [6, 6.07) is 21.0. The van der Waals surface area contributed by atoms with Crippen molar-refractivity contribution < 1.29 is 21.2 Å². The van der Waals surface area contributed by atoms with Gasteiger partial charge in [0, 0.05) is 24.0 Å². The topological polar surface area (TPSA) is 126 Å². The van der Waals surface area contributed by atoms with Crippen LogP contribution in [0.4, 0.5) is 4.39 Å². The smallest absolute Gasteiger partial charge is 0.285 e. The molecule has 2 N–H and O–H groups in total. The number of rotatable bonds is 5. The summed E-state index contributed by atoms with van der Waals surface area (Å²) < 4.78 is 68.7. The van der Waals surface area contributed by atoms with E-state index in [4.69, 9.17) is 21.8 Å². The van der Waals surface area contributed by atoms with E-state index in [1.165, 1.54) is 41.4 Å². The first kappa shape index (κ1) is 27.3. The Bertz CT molecular complexity index is 1630. The second kappa shape index (κ2) is 10.7. The van der Waals surface area contributed by atoms with Crippen molar-refractivity contribution in [1.82, 2.24) is 9.91 Å². The fourth-order valence-electron chi connectivity index (χ4n) is 4.67. The minimum Gasteiger partial charge on any atom is -0.339 e. The van der Waals surface area contributed by atoms with Gasteiger partial charge >= 0.3 is 0 Å². The van der Waals surface area contributed by atoms with E-state index in [1.54, 1.807) is 17.0 Å². The minimum atomic E-state index is -4.23. The van der Waals surface area contributed by atoms with Crippen molar-refractivity contribution in [1.29, 1.82) is 0 Å². The predicted octanol–water partition coefficient (Wildman–Crippen LogP) is 3.39. The van der Waals surface area contributed by atoms with Gasteiger partial charge in [0.15, 0.2) is 0 Å². The van der Waals surface area contributed by atoms with Crippen molar-refractivity contribution in [3.05, 3.63) is 101 Å². The number of sulfonamides is 2. The van der Waals surface area contributed by atoms with Crippen molar-refractivity contribution in [2.75, 3.05) is 19.6 Å². The number of nitrogens with zero attached hydrogens (tertiary/aromatic N) is 4. The second-order valence-electron chi connectivity index (χ2n) is 9.30. The highest BCUT2D eigenvalue weighted by atomic mass is 35.5. The van der Waals surface area contributed by atoms with E-state index in [2.05, 4.69) is 4.40 Å². The van der Waals surface area contributed by atoms with Gasteiger partial charge in [-0.25, -0.2) is 23.0 Å². The lowest BCUT2D eigenvalue weighted by Crippen LogP contribution is -2.42. The molecule has 0 bridgehead atoms. The Labute approximate surface area is 231 Å². The maximum atomic E-state index is 13.7. The van der Waals surface area contributed by atoms with Crippen LogP contribution in [-0.2, 0) is 20.0 Å². The van der Waals surface area contributed by atoms with Crippen LogP contribution in [0, 0.1) is 5.82 Å². The lowest BCUT2D eigenvalue weighted by Gasteiger charge is -2.26. The van der Waals surface area contributed by atoms with E-state index in [0.29, 0.717) is 16.3 Å². The van der Waals surface area contributed by atoms with Crippen LogP contribution in [-0.4, -0.2) is 63.3 Å². The highest BCUT2D eigenvalue weighted by molar-refractivity contribution is 7.90. The Hall–Kier alpha value is -3.32. The van der Waals surface area contributed by atoms with E-state index in [0.717, 1.165) is 5.56 Å². The lowest BCUT2D eigenvalue weighted by molar-refractivity contribution is 0.376. The van der Waals surface area contributed by atoms with E-state index in [1.807, 2.05) is 30.3 Å². The van der Waals surface area contributed by atoms with Gasteiger partial charge < -0.3 is 4.90 Å². The molecule has 0 unspecified atom stereocenters. The number of primary sulfonamides is 1. The van der Waals surface area contributed by atoms with Crippen LogP contribution < -0.4 is 5.14 Å². The number of halogens is 2. The van der Waals surface area contributed by atoms with Crippen molar-refractivity contribution in [3.63, 3.8) is 0 Å². The van der Waals surface area contributed by atoms with E-state index < -0.39 is 31.1 Å². The van der Waals surface area contributed by atoms with Crippen LogP contribution in [0.15, 0.2) is 93.3 Å². The molecule has 3 aromatic rings. The first-order valence-corrected chi connectivity index (χ1v) is 15.5. The Kier molecular flexibility index (Phi) is 7.47. The zero-order valence-electron chi connectivity index (χ0n) is 20.6. The molecule has 0 saturated carbocycles. The molecule has 13 heteroatoms. The predicted molar refractivity (Wildman–Crippen MR) is 148 cm³/mol. The molecule has 0 radical (unpaired) electrons. The maximum Gasteiger partial charge on any atom is 0.285 e. The molecule has 3 aromatic carbocycles. The van der Waals surface area contributed by atoms with Crippen LogP contribution in [0.1, 0.15) is 23.5 Å². The first-order valence-electron chi connectivity index (χ1n) is 12.1. The number of likely N-dealkylation sites (tertiary alicyclic amines) is 1. The summed E-state index contributed by atoms with van der Waals surface area (Å²) in [5.41, 5.74) is 2.18. The summed E-state index contributed by atoms with van der Waals surface area (Å²) in [6.07, 6.45) is 0.212. The van der Waals surface area contributed by atoms with Gasteiger partial charge in [-0.05, 0) is 53.9 Å². The van der Waals surface area contributed by atoms with Crippen LogP contribution >= 0.6 is 11.6 Å². The molecule has 2 atom stereocenters. The molecule has 9 nitrogen and oxygen atoms in total. The fourth-order valence-corrected chi connectivity index (χ4v) is 6.63. The number of guanidine groups is 1. The molecule has 0 amide bonds. The molecule has 2 aliphatic rings. The van der Waals surface area contributed by atoms with Gasteiger partial charge in [0.25, 0.3) is 10.0 Å². The van der Waals surface area contributed by atoms with E-state index in [-0.39, 0.29) is 42.8 Å². The quantitative estimate of drug-likeness (QED) is 0.359. The van der Waals surface area contributed by atoms with E-state index >= 15 is 0 Å². The Morgan fingerprint density at radius 2 is 1.62 bits per heavy atom. The second-order valence-corrected chi connectivity index (χ2v) is 13.2. The normalized spacial score (nSPS) is 20.4. The van der Waals surface area contributed by atoms with Gasteiger partial charge in [-0.3, -0.25) is 0 Å². The van der Waals surface area contributed by atoms with Crippen molar-refractivity contribution in [2.24, 2.45) is 14.6 Å². The minimum absolute atomic E-state index is 0.0193. The molecule has 2 heterocycles. The third-order valence-electron chi connectivity index (χ3n) is 6.69. The van der Waals surface area contributed by atoms with Crippen LogP contribution in [0.3, 0.4) is 0 Å². The third kappa shape index (κ3) is 5.98. The Morgan fingerprint density at radius 3 is 2.23 bits per heavy atom. The van der Waals surface area contributed by atoms with Crippen molar-refractivity contribution in [2.45, 2.75) is 22.5 Å². The molecule has 1 saturated heterocycles. The average molecular weight is 590 g/mol. The summed E-state index contributed by atoms with van der Waals surface area (Å²) in [5.74, 6) is -0.709. The molecular formula is C26H25ClFN5O4S2. The lowest BCUT2D eigenvalue weighted by atomic mass is 9.91. The van der Waals surface area contributed by atoms with Crippen molar-refractivity contribution in [3.8, 4) is 0 Å². The molecule has 2 aliphatic heterocycles. The standard InChI is InChI=1S/C26H25ClFN5O4S2/c27-20-8-12-22(13-9-20)39(36,37)31-26(32-15-14-23(16-32)38(29,34)35)33-17-24(18-4-2-1-3-5-18)25(30-33)19-6-10-21(28)11-7-19/h1-13,23-24H,14-17H2,(H2,29,34,35)/b31-26-/t23-,24-/m1/s1. The third-order valence-corrected chi connectivity index (χ3v) is 9.53. The fraction of sp³-hybridized carbons (Fsp3) is 0.231. The van der Waals surface area contributed by atoms with Gasteiger partial charge in [0.1, 0.15) is 5.82 Å². The summed E-state index contributed by atoms with van der Waals surface area (Å²) in [7, 11) is -8.08. The van der Waals surface area contributed by atoms with Gasteiger partial charge in [-0.2, -0.15) is 13.5 Å². The first-order chi connectivity index (χ1) is 18.5. The maximum absolute atomic E-state index is 13.7. The molecule has 204 valence electrons. The highest BCUT2D eigenvalue weighted by Gasteiger charge is 2.39. The monoisotopic (exact) mass is 589 g/mol. The Morgan fingerprint density at radius 1 is 0.949 bits per heavy atom. The summed E-state index contributed by atoms with van der Waals surface area (Å²) in [4.78, 5) is 1.50. The zero-order valence-corrected chi connectivity index (χ0v) is 22.9. The van der Waals surface area contributed by atoms with Gasteiger partial charge in [0.05, 0.1) is 22.4 Å². The molecule has 5 rings (SSSR count). The number of nitrogens with two attached hydrogens (primary N) is 1. The van der Waals surface area contributed by atoms with Gasteiger partial charge in [0.2, 0.25) is 16.0 Å². The van der Waals surface area contributed by atoms with E-state index in [9.17, 15) is 21.2 Å². The van der Waals surface area contributed by atoms with Crippen molar-refractivity contribution >= 4 is 43.3 Å². The van der Waals surface area contributed by atoms with Crippen LogP contribution in [0.5, 0.6) is 0 Å². The molecule has 0 aromatic heterocycles. The molecular weight excluding hydrogens is 565 g/mol. The average Bonchev–Trinajstić information content (AvgIpc) is 3.57. The molecule has 1 fully saturated rings. The summed E-state index contributed by atoms with van der Waals surface area (Å²) in [5, 5.41) is 11.1. The molecule has 39 heavy (non-hydrogen) atoms. The van der Waals surface area contributed by atoms with Crippen LogP contribution in [0.2, 0.25) is 5.02 Å². The number of hydrazone groups is 1. The van der Waals surface area contributed by atoms with Crippen LogP contribution in [0.25, 0.3) is 0 Å². The number of hydrogen-bond donors (Lipinski definition) is 1. The molecule has 0 spiro atoms. The number of benzene rings is 3. The van der Waals surface area contributed by atoms with Gasteiger partial charge in [-0.1, -0.05) is 54.1 Å². The summed E-state index contributed by atoms with van der Waals surface area (Å²) in [6.45, 7) is 0.397. The zero-order chi connectivity index (χ0) is 27.8. The largest absolute Gasteiger partial charge is 0.339 e. The molecule has 0 aliphatic carbocycles. The highest BCUT2D eigenvalue weighted by Crippen LogP contribution is 2.31. The number of hydrogen-bond acceptors (Lipinski definition) is 5. The Balaban J connectivity index is 1.60. The van der Waals surface area contributed by atoms with Gasteiger partial charge in [-0.15, -0.1) is 4.40 Å². The summed E-state index contributed by atoms with van der Waals surface area (Å²) >= 11 is 5.93.